The second-order valence-electron chi connectivity index (χ2n) is 9.33. The Hall–Kier alpha value is -3.19. The van der Waals surface area contributed by atoms with E-state index in [-0.39, 0.29) is 29.3 Å². The van der Waals surface area contributed by atoms with Gasteiger partial charge in [0.2, 0.25) is 5.43 Å². The van der Waals surface area contributed by atoms with Crippen molar-refractivity contribution in [2.45, 2.75) is 55.5 Å². The fourth-order valence-electron chi connectivity index (χ4n) is 5.57. The van der Waals surface area contributed by atoms with Crippen molar-refractivity contribution < 1.29 is 9.53 Å². The highest BCUT2D eigenvalue weighted by atomic mass is 32.2. The van der Waals surface area contributed by atoms with Crippen LogP contribution in [0.3, 0.4) is 0 Å². The number of unbranched alkanes of at least 4 members (excludes halogenated alkanes) is 1. The molecule has 1 fully saturated rings. The number of nitrogens with zero attached hydrogens (tertiary/aromatic N) is 3. The standard InChI is InChI=1S/C28H29N3O3S/c1-2-3-17-34-27-22(32)14-16-30-26(27)28(33)29-15-8-13-24(29)31(30)25-20-10-5-4-9-19(20)18-35-23-12-7-6-11-21(23)25/h4-7,9-12,14,16,24-25H,2-3,8,13,15,17-18H2,1H3. The summed E-state index contributed by atoms with van der Waals surface area (Å²) in [5, 5.41) is 2.32. The largest absolute Gasteiger partial charge is 0.487 e. The molecule has 0 aliphatic carbocycles. The van der Waals surface area contributed by atoms with Gasteiger partial charge in [0.15, 0.2) is 11.4 Å². The first-order valence-corrected chi connectivity index (χ1v) is 13.4. The van der Waals surface area contributed by atoms with Crippen LogP contribution in [0.25, 0.3) is 0 Å². The van der Waals surface area contributed by atoms with Crippen molar-refractivity contribution in [2.24, 2.45) is 0 Å². The van der Waals surface area contributed by atoms with E-state index >= 15 is 0 Å². The van der Waals surface area contributed by atoms with Gasteiger partial charge in [-0.05, 0) is 42.0 Å². The summed E-state index contributed by atoms with van der Waals surface area (Å²) in [7, 11) is 0. The number of amides is 1. The zero-order chi connectivity index (χ0) is 23.9. The van der Waals surface area contributed by atoms with Crippen LogP contribution in [0, 0.1) is 0 Å². The van der Waals surface area contributed by atoms with Crippen LogP contribution < -0.4 is 15.2 Å². The van der Waals surface area contributed by atoms with E-state index in [2.05, 4.69) is 60.5 Å². The highest BCUT2D eigenvalue weighted by Crippen LogP contribution is 2.45. The molecule has 1 amide bonds. The maximum absolute atomic E-state index is 13.7. The molecule has 180 valence electrons. The van der Waals surface area contributed by atoms with Crippen LogP contribution in [0.5, 0.6) is 5.75 Å². The lowest BCUT2D eigenvalue weighted by Crippen LogP contribution is -2.60. The third-order valence-electron chi connectivity index (χ3n) is 7.23. The monoisotopic (exact) mass is 487 g/mol. The molecule has 2 atom stereocenters. The predicted molar refractivity (Wildman–Crippen MR) is 138 cm³/mol. The van der Waals surface area contributed by atoms with E-state index in [0.717, 1.165) is 31.4 Å². The SMILES string of the molecule is CCCCOc1c2n(ccc1=O)N(C1c3ccccc3CSc3ccccc31)C1CCCN1C2=O. The van der Waals surface area contributed by atoms with E-state index in [1.165, 1.54) is 21.6 Å². The highest BCUT2D eigenvalue weighted by Gasteiger charge is 2.46. The molecule has 3 aliphatic rings. The Morgan fingerprint density at radius 2 is 1.83 bits per heavy atom. The first kappa shape index (κ1) is 22.3. The minimum Gasteiger partial charge on any atom is -0.487 e. The van der Waals surface area contributed by atoms with Crippen molar-refractivity contribution in [3.63, 3.8) is 0 Å². The Morgan fingerprint density at radius 3 is 2.69 bits per heavy atom. The third kappa shape index (κ3) is 3.64. The number of thioether (sulfide) groups is 1. The average molecular weight is 488 g/mol. The molecular formula is C28H29N3O3S. The first-order valence-electron chi connectivity index (χ1n) is 12.5. The van der Waals surface area contributed by atoms with Gasteiger partial charge in [-0.2, -0.15) is 0 Å². The van der Waals surface area contributed by atoms with E-state index < -0.39 is 0 Å². The summed E-state index contributed by atoms with van der Waals surface area (Å²) >= 11 is 1.86. The fourth-order valence-corrected chi connectivity index (χ4v) is 6.67. The molecule has 6 rings (SSSR count). The van der Waals surface area contributed by atoms with E-state index in [4.69, 9.17) is 4.74 Å². The van der Waals surface area contributed by atoms with Gasteiger partial charge in [0.1, 0.15) is 6.17 Å². The number of pyridine rings is 1. The van der Waals surface area contributed by atoms with Gasteiger partial charge in [-0.25, -0.2) is 0 Å². The molecule has 0 saturated carbocycles. The van der Waals surface area contributed by atoms with Crippen molar-refractivity contribution >= 4 is 17.7 Å². The zero-order valence-electron chi connectivity index (χ0n) is 19.9. The third-order valence-corrected chi connectivity index (χ3v) is 8.37. The number of rotatable bonds is 5. The lowest BCUT2D eigenvalue weighted by molar-refractivity contribution is 0.0631. The number of hydrogen-bond acceptors (Lipinski definition) is 5. The first-order chi connectivity index (χ1) is 17.2. The summed E-state index contributed by atoms with van der Waals surface area (Å²) in [4.78, 5) is 29.9. The molecule has 2 unspecified atom stereocenters. The molecule has 0 radical (unpaired) electrons. The number of hydrogen-bond donors (Lipinski definition) is 0. The maximum atomic E-state index is 13.7. The van der Waals surface area contributed by atoms with Gasteiger partial charge in [-0.1, -0.05) is 55.8 Å². The second kappa shape index (κ2) is 9.11. The lowest BCUT2D eigenvalue weighted by atomic mass is 9.93. The van der Waals surface area contributed by atoms with Crippen LogP contribution in [-0.4, -0.2) is 34.8 Å². The van der Waals surface area contributed by atoms with Crippen LogP contribution in [-0.2, 0) is 5.75 Å². The molecule has 35 heavy (non-hydrogen) atoms. The number of ether oxygens (including phenoxy) is 1. The average Bonchev–Trinajstić information content (AvgIpc) is 3.31. The molecule has 0 spiro atoms. The number of fused-ring (bicyclic) bond motifs is 4. The maximum Gasteiger partial charge on any atom is 0.278 e. The second-order valence-corrected chi connectivity index (χ2v) is 10.4. The van der Waals surface area contributed by atoms with Crippen molar-refractivity contribution in [2.75, 3.05) is 18.2 Å². The Balaban J connectivity index is 1.59. The van der Waals surface area contributed by atoms with Gasteiger partial charge in [0.05, 0.1) is 12.6 Å². The van der Waals surface area contributed by atoms with Crippen molar-refractivity contribution in [1.29, 1.82) is 0 Å². The zero-order valence-corrected chi connectivity index (χ0v) is 20.7. The van der Waals surface area contributed by atoms with Gasteiger partial charge in [-0.3, -0.25) is 19.3 Å². The van der Waals surface area contributed by atoms with Gasteiger partial charge in [0, 0.05) is 29.5 Å². The number of benzene rings is 2. The molecule has 7 heteroatoms. The van der Waals surface area contributed by atoms with E-state index in [1.807, 2.05) is 21.3 Å². The molecule has 1 saturated heterocycles. The lowest BCUT2D eigenvalue weighted by Gasteiger charge is -2.47. The molecule has 3 aromatic rings. The number of carbonyl (C=O) groups excluding carboxylic acids is 1. The molecule has 3 aliphatic heterocycles. The molecule has 0 bridgehead atoms. The summed E-state index contributed by atoms with van der Waals surface area (Å²) in [6, 6.07) is 18.6. The minimum atomic E-state index is -0.240. The summed E-state index contributed by atoms with van der Waals surface area (Å²) in [6.07, 6.45) is 5.28. The van der Waals surface area contributed by atoms with E-state index in [9.17, 15) is 9.59 Å². The summed E-state index contributed by atoms with van der Waals surface area (Å²) in [6.45, 7) is 3.19. The Bertz CT molecular complexity index is 1290. The van der Waals surface area contributed by atoms with Gasteiger partial charge in [-0.15, -0.1) is 11.8 Å². The molecule has 2 aromatic carbocycles. The fraction of sp³-hybridized carbons (Fsp3) is 0.357. The van der Waals surface area contributed by atoms with Gasteiger partial charge >= 0.3 is 0 Å². The molecule has 6 nitrogen and oxygen atoms in total. The molecule has 1 aromatic heterocycles. The van der Waals surface area contributed by atoms with Gasteiger partial charge in [0.25, 0.3) is 5.91 Å². The predicted octanol–water partition coefficient (Wildman–Crippen LogP) is 4.94. The minimum absolute atomic E-state index is 0.0878. The number of aromatic nitrogens is 1. The summed E-state index contributed by atoms with van der Waals surface area (Å²) in [5.41, 5.74) is 3.86. The normalized spacial score (nSPS) is 20.5. The van der Waals surface area contributed by atoms with E-state index in [0.29, 0.717) is 18.8 Å². The van der Waals surface area contributed by atoms with Crippen molar-refractivity contribution in [1.82, 2.24) is 9.58 Å². The number of carbonyl (C=O) groups is 1. The van der Waals surface area contributed by atoms with Crippen molar-refractivity contribution in [3.05, 3.63) is 93.4 Å². The van der Waals surface area contributed by atoms with Crippen LogP contribution >= 0.6 is 11.8 Å². The molecule has 0 N–H and O–H groups in total. The molecule has 4 heterocycles. The van der Waals surface area contributed by atoms with Crippen molar-refractivity contribution in [3.8, 4) is 5.75 Å². The highest BCUT2D eigenvalue weighted by molar-refractivity contribution is 7.98. The van der Waals surface area contributed by atoms with Crippen LogP contribution in [0.1, 0.15) is 65.8 Å². The molecular weight excluding hydrogens is 458 g/mol. The van der Waals surface area contributed by atoms with Gasteiger partial charge < -0.3 is 9.64 Å². The smallest absolute Gasteiger partial charge is 0.278 e. The topological polar surface area (TPSA) is 54.8 Å². The van der Waals surface area contributed by atoms with Crippen LogP contribution in [0.15, 0.2) is 70.5 Å². The quantitative estimate of drug-likeness (QED) is 0.478. The Kier molecular flexibility index (Phi) is 5.80. The Morgan fingerprint density at radius 1 is 1.03 bits per heavy atom. The summed E-state index contributed by atoms with van der Waals surface area (Å²) < 4.78 is 7.90. The van der Waals surface area contributed by atoms with Crippen LogP contribution in [0.2, 0.25) is 0 Å². The Labute approximate surface area is 209 Å². The summed E-state index contributed by atoms with van der Waals surface area (Å²) in [5.74, 6) is 0.955. The van der Waals surface area contributed by atoms with Crippen LogP contribution in [0.4, 0.5) is 0 Å². The van der Waals surface area contributed by atoms with E-state index in [1.54, 1.807) is 12.3 Å².